The summed E-state index contributed by atoms with van der Waals surface area (Å²) in [6.45, 7) is 4.13. The summed E-state index contributed by atoms with van der Waals surface area (Å²) in [5.41, 5.74) is 8.38. The molecule has 4 amide bonds. The number of aryl methyl sites for hydroxylation is 1. The van der Waals surface area contributed by atoms with Crippen LogP contribution in [0.15, 0.2) is 42.5 Å². The van der Waals surface area contributed by atoms with Gasteiger partial charge in [-0.3, -0.25) is 29.4 Å². The number of hydrogen-bond donors (Lipinski definition) is 3. The Balaban J connectivity index is 1.55. The van der Waals surface area contributed by atoms with Crippen molar-refractivity contribution in [2.45, 2.75) is 44.7 Å². The highest BCUT2D eigenvalue weighted by Crippen LogP contribution is 2.54. The number of nitrogens with zero attached hydrogens (tertiary/aromatic N) is 1. The fourth-order valence-corrected chi connectivity index (χ4v) is 5.83. The number of benzene rings is 2. The lowest BCUT2D eigenvalue weighted by molar-refractivity contribution is -0.142. The van der Waals surface area contributed by atoms with E-state index in [9.17, 15) is 19.2 Å². The Morgan fingerprint density at radius 1 is 1.06 bits per heavy atom. The van der Waals surface area contributed by atoms with Gasteiger partial charge in [0.1, 0.15) is 5.54 Å². The Bertz CT molecular complexity index is 1210. The molecule has 2 aromatic rings. The highest BCUT2D eigenvalue weighted by atomic mass is 16.2. The fourth-order valence-electron chi connectivity index (χ4n) is 5.83. The van der Waals surface area contributed by atoms with Crippen LogP contribution in [0.3, 0.4) is 0 Å². The molecule has 176 valence electrons. The van der Waals surface area contributed by atoms with E-state index in [1.807, 2.05) is 56.3 Å². The Morgan fingerprint density at radius 2 is 1.79 bits per heavy atom. The average molecular weight is 461 g/mol. The largest absolute Gasteiger partial charge is 0.370 e. The third-order valence-corrected chi connectivity index (χ3v) is 7.68. The van der Waals surface area contributed by atoms with Crippen molar-refractivity contribution in [1.82, 2.24) is 10.2 Å². The highest BCUT2D eigenvalue weighted by Gasteiger charge is 2.70. The number of carbonyl (C=O) groups excluding carboxylic acids is 4. The van der Waals surface area contributed by atoms with Crippen LogP contribution in [0.5, 0.6) is 0 Å². The Morgan fingerprint density at radius 3 is 2.50 bits per heavy atom. The second kappa shape index (κ2) is 8.06. The van der Waals surface area contributed by atoms with Gasteiger partial charge in [-0.2, -0.15) is 0 Å². The molecule has 0 saturated carbocycles. The average Bonchev–Trinajstić information content (AvgIpc) is 3.39. The predicted molar refractivity (Wildman–Crippen MR) is 125 cm³/mol. The predicted octanol–water partition coefficient (Wildman–Crippen LogP) is 1.53. The summed E-state index contributed by atoms with van der Waals surface area (Å²) in [7, 11) is 0. The van der Waals surface area contributed by atoms with Gasteiger partial charge in [0, 0.05) is 30.3 Å². The first kappa shape index (κ1) is 22.3. The van der Waals surface area contributed by atoms with Crippen LogP contribution in [0.25, 0.3) is 0 Å². The number of carbonyl (C=O) groups is 4. The van der Waals surface area contributed by atoms with Gasteiger partial charge >= 0.3 is 0 Å². The van der Waals surface area contributed by atoms with E-state index in [2.05, 4.69) is 10.6 Å². The van der Waals surface area contributed by atoms with E-state index < -0.39 is 29.3 Å². The molecule has 2 aromatic carbocycles. The Labute approximate surface area is 197 Å². The standard InChI is InChI=1S/C26H28N4O4/c1-14-8-9-17-22(15(14)2)28-25(34)26(17)21-20(18(29-26)10-11-19(27)31)23(32)30(24(21)33)13-12-16-6-4-3-5-7-16/h3-9,18,20-21,29H,10-13H2,1-2H3,(H2,27,31)(H,28,34)/t18-,20-,21+,26+/m1/s1. The number of rotatable bonds is 6. The lowest BCUT2D eigenvalue weighted by atomic mass is 9.76. The van der Waals surface area contributed by atoms with Gasteiger partial charge in [0.05, 0.1) is 11.8 Å². The molecule has 3 aliphatic rings. The first-order valence-corrected chi connectivity index (χ1v) is 11.6. The lowest BCUT2D eigenvalue weighted by Gasteiger charge is -2.29. The number of nitrogens with one attached hydrogen (secondary N) is 2. The van der Waals surface area contributed by atoms with Crippen molar-refractivity contribution >= 4 is 29.3 Å². The fraction of sp³-hybridized carbons (Fsp3) is 0.385. The van der Waals surface area contributed by atoms with E-state index in [1.54, 1.807) is 0 Å². The van der Waals surface area contributed by atoms with Crippen LogP contribution in [0.2, 0.25) is 0 Å². The topological polar surface area (TPSA) is 122 Å². The number of nitrogens with two attached hydrogens (primary N) is 1. The maximum absolute atomic E-state index is 13.8. The van der Waals surface area contributed by atoms with Crippen LogP contribution in [0.1, 0.15) is 35.1 Å². The molecule has 8 nitrogen and oxygen atoms in total. The number of likely N-dealkylation sites (tertiary alicyclic amines) is 1. The van der Waals surface area contributed by atoms with E-state index in [-0.39, 0.29) is 37.1 Å². The molecule has 8 heteroatoms. The molecule has 0 aromatic heterocycles. The third-order valence-electron chi connectivity index (χ3n) is 7.68. The summed E-state index contributed by atoms with van der Waals surface area (Å²) >= 11 is 0. The van der Waals surface area contributed by atoms with E-state index in [4.69, 9.17) is 5.73 Å². The lowest BCUT2D eigenvalue weighted by Crippen LogP contribution is -2.53. The zero-order valence-electron chi connectivity index (χ0n) is 19.3. The molecular weight excluding hydrogens is 432 g/mol. The van der Waals surface area contributed by atoms with Gasteiger partial charge in [0.2, 0.25) is 23.6 Å². The van der Waals surface area contributed by atoms with Crippen LogP contribution < -0.4 is 16.4 Å². The van der Waals surface area contributed by atoms with E-state index in [0.717, 1.165) is 16.7 Å². The van der Waals surface area contributed by atoms with Crippen LogP contribution >= 0.6 is 0 Å². The van der Waals surface area contributed by atoms with Crippen molar-refractivity contribution < 1.29 is 19.2 Å². The summed E-state index contributed by atoms with van der Waals surface area (Å²) < 4.78 is 0. The molecule has 2 fully saturated rings. The van der Waals surface area contributed by atoms with E-state index in [0.29, 0.717) is 17.7 Å². The maximum atomic E-state index is 13.8. The summed E-state index contributed by atoms with van der Waals surface area (Å²) in [6.07, 6.45) is 0.867. The van der Waals surface area contributed by atoms with Crippen LogP contribution in [0.4, 0.5) is 5.69 Å². The van der Waals surface area contributed by atoms with Gasteiger partial charge < -0.3 is 11.1 Å². The summed E-state index contributed by atoms with van der Waals surface area (Å²) in [6, 6.07) is 12.9. The number of hydrogen-bond acceptors (Lipinski definition) is 5. The molecule has 0 unspecified atom stereocenters. The maximum Gasteiger partial charge on any atom is 0.250 e. The molecule has 4 atom stereocenters. The number of primary amides is 1. The monoisotopic (exact) mass is 460 g/mol. The third kappa shape index (κ3) is 3.16. The molecule has 5 rings (SSSR count). The zero-order chi connectivity index (χ0) is 24.2. The Kier molecular flexibility index (Phi) is 5.28. The second-order valence-electron chi connectivity index (χ2n) is 9.52. The van der Waals surface area contributed by atoms with Crippen LogP contribution in [0, 0.1) is 25.7 Å². The summed E-state index contributed by atoms with van der Waals surface area (Å²) in [5.74, 6) is -3.08. The van der Waals surface area contributed by atoms with E-state index >= 15 is 0 Å². The first-order valence-electron chi connectivity index (χ1n) is 11.6. The molecular formula is C26H28N4O4. The van der Waals surface area contributed by atoms with Crippen molar-refractivity contribution in [2.75, 3.05) is 11.9 Å². The van der Waals surface area contributed by atoms with Gasteiger partial charge in [-0.05, 0) is 43.4 Å². The quantitative estimate of drug-likeness (QED) is 0.565. The molecule has 0 aliphatic carbocycles. The molecule has 4 N–H and O–H groups in total. The van der Waals surface area contributed by atoms with E-state index in [1.165, 1.54) is 4.90 Å². The van der Waals surface area contributed by atoms with Crippen molar-refractivity contribution in [2.24, 2.45) is 17.6 Å². The van der Waals surface area contributed by atoms with Crippen molar-refractivity contribution in [3.63, 3.8) is 0 Å². The van der Waals surface area contributed by atoms with Gasteiger partial charge in [0.15, 0.2) is 0 Å². The number of anilines is 1. The number of fused-ring (bicyclic) bond motifs is 4. The minimum atomic E-state index is -1.35. The van der Waals surface area contributed by atoms with Gasteiger partial charge in [-0.15, -0.1) is 0 Å². The van der Waals surface area contributed by atoms with Gasteiger partial charge in [0.25, 0.3) is 0 Å². The SMILES string of the molecule is Cc1ccc2c(c1C)NC(=O)[C@]21N[C@H](CCC(N)=O)[C@H]2C(=O)N(CCc3ccccc3)C(=O)[C@H]21. The molecule has 0 radical (unpaired) electrons. The molecule has 3 heterocycles. The zero-order valence-corrected chi connectivity index (χ0v) is 19.3. The van der Waals surface area contributed by atoms with Gasteiger partial charge in [-0.1, -0.05) is 42.5 Å². The normalized spacial score (nSPS) is 27.3. The number of amides is 4. The molecule has 3 aliphatic heterocycles. The second-order valence-corrected chi connectivity index (χ2v) is 9.52. The Hall–Kier alpha value is -3.52. The molecule has 34 heavy (non-hydrogen) atoms. The van der Waals surface area contributed by atoms with Crippen LogP contribution in [-0.2, 0) is 31.1 Å². The number of imide groups is 1. The van der Waals surface area contributed by atoms with Gasteiger partial charge in [-0.25, -0.2) is 0 Å². The van der Waals surface area contributed by atoms with Crippen molar-refractivity contribution in [1.29, 1.82) is 0 Å². The van der Waals surface area contributed by atoms with Crippen LogP contribution in [-0.4, -0.2) is 41.1 Å². The first-order chi connectivity index (χ1) is 16.3. The summed E-state index contributed by atoms with van der Waals surface area (Å²) in [5, 5.41) is 6.31. The smallest absolute Gasteiger partial charge is 0.250 e. The van der Waals surface area contributed by atoms with Crippen molar-refractivity contribution in [3.05, 3.63) is 64.7 Å². The minimum Gasteiger partial charge on any atom is -0.370 e. The minimum absolute atomic E-state index is 0.0594. The molecule has 1 spiro atoms. The molecule has 0 bridgehead atoms. The molecule has 2 saturated heterocycles. The summed E-state index contributed by atoms with van der Waals surface area (Å²) in [4.78, 5) is 53.7. The highest BCUT2D eigenvalue weighted by molar-refractivity contribution is 6.15. The van der Waals surface area contributed by atoms with Crippen molar-refractivity contribution in [3.8, 4) is 0 Å².